The lowest BCUT2D eigenvalue weighted by Crippen LogP contribution is -2.04. The van der Waals surface area contributed by atoms with Crippen LogP contribution in [-0.4, -0.2) is 20.2 Å². The van der Waals surface area contributed by atoms with Crippen molar-refractivity contribution < 1.29 is 0 Å². The number of aromatic amines is 1. The van der Waals surface area contributed by atoms with E-state index >= 15 is 0 Å². The third kappa shape index (κ3) is 2.46. The Labute approximate surface area is 140 Å². The summed E-state index contributed by atoms with van der Waals surface area (Å²) in [6.45, 7) is 0. The highest BCUT2D eigenvalue weighted by atomic mass is 15.2. The molecule has 1 saturated carbocycles. The number of fused-ring (bicyclic) bond motifs is 1. The van der Waals surface area contributed by atoms with Crippen LogP contribution in [-0.2, 0) is 12.8 Å². The summed E-state index contributed by atoms with van der Waals surface area (Å²) in [5, 5.41) is 11.0. The van der Waals surface area contributed by atoms with Crippen LogP contribution < -0.4 is 5.32 Å². The van der Waals surface area contributed by atoms with Crippen molar-refractivity contribution >= 4 is 11.6 Å². The number of hydrogen-bond donors (Lipinski definition) is 2. The van der Waals surface area contributed by atoms with Crippen molar-refractivity contribution in [2.45, 2.75) is 38.0 Å². The standard InChI is InChI=1S/C19H19N5/c1-2-5-13(6-3-1)18-20-15-8-4-7-14(15)19(22-18)21-17-11-16(23-24-17)12-9-10-12/h1-3,5-6,11-12H,4,7-10H2,(H2,20,21,22,23,24). The van der Waals surface area contributed by atoms with Crippen molar-refractivity contribution in [3.63, 3.8) is 0 Å². The first-order valence-corrected chi connectivity index (χ1v) is 8.64. The zero-order valence-corrected chi connectivity index (χ0v) is 13.4. The van der Waals surface area contributed by atoms with Crippen LogP contribution in [0, 0.1) is 0 Å². The van der Waals surface area contributed by atoms with E-state index in [4.69, 9.17) is 9.97 Å². The summed E-state index contributed by atoms with van der Waals surface area (Å²) in [7, 11) is 0. The topological polar surface area (TPSA) is 66.5 Å². The maximum absolute atomic E-state index is 4.80. The molecule has 2 aromatic heterocycles. The van der Waals surface area contributed by atoms with Gasteiger partial charge in [0.25, 0.3) is 0 Å². The summed E-state index contributed by atoms with van der Waals surface area (Å²) in [6, 6.07) is 12.3. The van der Waals surface area contributed by atoms with Crippen molar-refractivity contribution in [3.8, 4) is 11.4 Å². The van der Waals surface area contributed by atoms with Crippen molar-refractivity contribution in [1.82, 2.24) is 20.2 Å². The van der Waals surface area contributed by atoms with Gasteiger partial charge in [0.1, 0.15) is 5.82 Å². The third-order valence-corrected chi connectivity index (χ3v) is 4.83. The van der Waals surface area contributed by atoms with Gasteiger partial charge in [-0.3, -0.25) is 5.10 Å². The van der Waals surface area contributed by atoms with Gasteiger partial charge in [-0.2, -0.15) is 5.10 Å². The lowest BCUT2D eigenvalue weighted by Gasteiger charge is -2.10. The maximum Gasteiger partial charge on any atom is 0.161 e. The minimum absolute atomic E-state index is 0.670. The second kappa shape index (κ2) is 5.44. The van der Waals surface area contributed by atoms with Crippen LogP contribution in [0.1, 0.15) is 42.1 Å². The molecule has 120 valence electrons. The summed E-state index contributed by atoms with van der Waals surface area (Å²) < 4.78 is 0. The van der Waals surface area contributed by atoms with Crippen molar-refractivity contribution in [2.24, 2.45) is 0 Å². The van der Waals surface area contributed by atoms with Crippen LogP contribution in [0.15, 0.2) is 36.4 Å². The zero-order chi connectivity index (χ0) is 15.9. The molecule has 5 rings (SSSR count). The molecule has 0 spiro atoms. The molecule has 2 N–H and O–H groups in total. The number of aromatic nitrogens is 4. The largest absolute Gasteiger partial charge is 0.323 e. The maximum atomic E-state index is 4.80. The summed E-state index contributed by atoms with van der Waals surface area (Å²) in [6.07, 6.45) is 5.74. The molecule has 2 heterocycles. The Hall–Kier alpha value is -2.69. The monoisotopic (exact) mass is 317 g/mol. The van der Waals surface area contributed by atoms with Crippen LogP contribution >= 0.6 is 0 Å². The van der Waals surface area contributed by atoms with Crippen LogP contribution in [0.3, 0.4) is 0 Å². The number of rotatable bonds is 4. The molecule has 0 saturated heterocycles. The number of anilines is 2. The van der Waals surface area contributed by atoms with E-state index in [1.807, 2.05) is 18.2 Å². The first-order valence-electron chi connectivity index (χ1n) is 8.64. The van der Waals surface area contributed by atoms with Gasteiger partial charge in [-0.25, -0.2) is 9.97 Å². The van der Waals surface area contributed by atoms with Gasteiger partial charge >= 0.3 is 0 Å². The van der Waals surface area contributed by atoms with Gasteiger partial charge in [-0.15, -0.1) is 0 Å². The molecule has 5 heteroatoms. The molecule has 0 unspecified atom stereocenters. The van der Waals surface area contributed by atoms with E-state index in [0.717, 1.165) is 42.3 Å². The molecule has 0 amide bonds. The molecule has 0 aliphatic heterocycles. The van der Waals surface area contributed by atoms with Gasteiger partial charge < -0.3 is 5.32 Å². The van der Waals surface area contributed by atoms with Gasteiger partial charge in [0.15, 0.2) is 11.6 Å². The number of benzene rings is 1. The van der Waals surface area contributed by atoms with E-state index in [-0.39, 0.29) is 0 Å². The van der Waals surface area contributed by atoms with Crippen molar-refractivity contribution in [2.75, 3.05) is 5.32 Å². The van der Waals surface area contributed by atoms with E-state index in [1.165, 1.54) is 29.8 Å². The molecule has 2 aliphatic carbocycles. The smallest absolute Gasteiger partial charge is 0.161 e. The predicted octanol–water partition coefficient (Wildman–Crippen LogP) is 3.98. The summed E-state index contributed by atoms with van der Waals surface area (Å²) >= 11 is 0. The van der Waals surface area contributed by atoms with Crippen molar-refractivity contribution in [3.05, 3.63) is 53.3 Å². The first kappa shape index (κ1) is 13.7. The fourth-order valence-corrected chi connectivity index (χ4v) is 3.38. The average molecular weight is 317 g/mol. The van der Waals surface area contributed by atoms with Crippen LogP contribution in [0.25, 0.3) is 11.4 Å². The van der Waals surface area contributed by atoms with Gasteiger partial charge in [0, 0.05) is 34.5 Å². The Morgan fingerprint density at radius 2 is 1.92 bits per heavy atom. The molecule has 24 heavy (non-hydrogen) atoms. The molecule has 1 fully saturated rings. The lowest BCUT2D eigenvalue weighted by atomic mass is 10.2. The van der Waals surface area contributed by atoms with E-state index in [9.17, 15) is 0 Å². The summed E-state index contributed by atoms with van der Waals surface area (Å²) in [4.78, 5) is 9.59. The minimum atomic E-state index is 0.670. The Kier molecular flexibility index (Phi) is 3.11. The third-order valence-electron chi connectivity index (χ3n) is 4.83. The van der Waals surface area contributed by atoms with E-state index < -0.39 is 0 Å². The summed E-state index contributed by atoms with van der Waals surface area (Å²) in [5.41, 5.74) is 4.69. The van der Waals surface area contributed by atoms with Crippen LogP contribution in [0.4, 0.5) is 11.6 Å². The lowest BCUT2D eigenvalue weighted by molar-refractivity contribution is 0.900. The van der Waals surface area contributed by atoms with E-state index in [1.54, 1.807) is 0 Å². The number of nitrogens with zero attached hydrogens (tertiary/aromatic N) is 3. The molecule has 1 aromatic carbocycles. The number of nitrogens with one attached hydrogen (secondary N) is 2. The second-order valence-electron chi connectivity index (χ2n) is 6.65. The molecule has 0 atom stereocenters. The molecule has 5 nitrogen and oxygen atoms in total. The zero-order valence-electron chi connectivity index (χ0n) is 13.4. The SMILES string of the molecule is c1ccc(-c2nc3c(c(Nc4cc(C5CC5)[nH]n4)n2)CCC3)cc1. The quantitative estimate of drug-likeness (QED) is 0.764. The molecular formula is C19H19N5. The van der Waals surface area contributed by atoms with Gasteiger partial charge in [-0.05, 0) is 32.1 Å². The molecular weight excluding hydrogens is 298 g/mol. The van der Waals surface area contributed by atoms with Gasteiger partial charge in [0.2, 0.25) is 0 Å². The average Bonchev–Trinajstić information content (AvgIpc) is 3.17. The van der Waals surface area contributed by atoms with Crippen molar-refractivity contribution in [1.29, 1.82) is 0 Å². The highest BCUT2D eigenvalue weighted by molar-refractivity contribution is 5.64. The number of aryl methyl sites for hydroxylation is 1. The Balaban J connectivity index is 1.52. The summed E-state index contributed by atoms with van der Waals surface area (Å²) in [5.74, 6) is 3.22. The molecule has 3 aromatic rings. The normalized spacial score (nSPS) is 16.2. The Morgan fingerprint density at radius 1 is 1.04 bits per heavy atom. The van der Waals surface area contributed by atoms with Gasteiger partial charge in [0.05, 0.1) is 0 Å². The highest BCUT2D eigenvalue weighted by Gasteiger charge is 2.26. The first-order chi connectivity index (χ1) is 11.9. The fraction of sp³-hybridized carbons (Fsp3) is 0.316. The highest BCUT2D eigenvalue weighted by Crippen LogP contribution is 2.40. The van der Waals surface area contributed by atoms with E-state index in [0.29, 0.717) is 5.92 Å². The van der Waals surface area contributed by atoms with Gasteiger partial charge in [-0.1, -0.05) is 30.3 Å². The molecule has 0 radical (unpaired) electrons. The molecule has 2 aliphatic rings. The molecule has 0 bridgehead atoms. The van der Waals surface area contributed by atoms with E-state index in [2.05, 4.69) is 33.7 Å². The Morgan fingerprint density at radius 3 is 2.75 bits per heavy atom. The Bertz CT molecular complexity index is 880. The van der Waals surface area contributed by atoms with Crippen LogP contribution in [0.5, 0.6) is 0 Å². The second-order valence-corrected chi connectivity index (χ2v) is 6.65. The fourth-order valence-electron chi connectivity index (χ4n) is 3.38. The van der Waals surface area contributed by atoms with Crippen LogP contribution in [0.2, 0.25) is 0 Å². The number of H-pyrrole nitrogens is 1. The minimum Gasteiger partial charge on any atom is -0.323 e. The predicted molar refractivity (Wildman–Crippen MR) is 93.3 cm³/mol. The number of hydrogen-bond acceptors (Lipinski definition) is 4.